The van der Waals surface area contributed by atoms with E-state index in [2.05, 4.69) is 34.8 Å². The van der Waals surface area contributed by atoms with Gasteiger partial charge >= 0.3 is 0 Å². The average molecular weight is 242 g/mol. The number of ether oxygens (including phenoxy) is 1. The van der Waals surface area contributed by atoms with E-state index < -0.39 is 0 Å². The quantitative estimate of drug-likeness (QED) is 0.668. The third kappa shape index (κ3) is 6.23. The molecule has 0 saturated carbocycles. The molecule has 1 aromatic heterocycles. The lowest BCUT2D eigenvalue weighted by Gasteiger charge is -2.15. The van der Waals surface area contributed by atoms with Gasteiger partial charge in [0.2, 0.25) is 0 Å². The number of thiophene rings is 1. The molecule has 0 unspecified atom stereocenters. The first-order valence-electron chi connectivity index (χ1n) is 5.73. The van der Waals surface area contributed by atoms with Crippen molar-refractivity contribution in [3.63, 3.8) is 0 Å². The zero-order valence-electron chi connectivity index (χ0n) is 10.2. The van der Waals surface area contributed by atoms with E-state index in [9.17, 15) is 0 Å². The maximum Gasteiger partial charge on any atom is 0.0589 e. The number of likely N-dealkylation sites (N-methyl/N-ethyl adjacent to an activating group) is 1. The highest BCUT2D eigenvalue weighted by molar-refractivity contribution is 7.09. The summed E-state index contributed by atoms with van der Waals surface area (Å²) in [5.41, 5.74) is 0. The van der Waals surface area contributed by atoms with Crippen molar-refractivity contribution in [1.82, 2.24) is 10.2 Å². The largest absolute Gasteiger partial charge is 0.383 e. The summed E-state index contributed by atoms with van der Waals surface area (Å²) in [7, 11) is 3.88. The van der Waals surface area contributed by atoms with E-state index in [-0.39, 0.29) is 0 Å². The molecule has 0 fully saturated rings. The minimum Gasteiger partial charge on any atom is -0.383 e. The molecule has 0 aromatic carbocycles. The first-order valence-corrected chi connectivity index (χ1v) is 6.61. The van der Waals surface area contributed by atoms with Gasteiger partial charge in [0.05, 0.1) is 6.61 Å². The Morgan fingerprint density at radius 2 is 2.31 bits per heavy atom. The molecule has 1 rings (SSSR count). The molecule has 0 radical (unpaired) electrons. The van der Waals surface area contributed by atoms with Gasteiger partial charge in [-0.1, -0.05) is 6.07 Å². The SMILES string of the molecule is COCCN(C)CCCNCc1cccs1. The van der Waals surface area contributed by atoms with Crippen LogP contribution in [0.4, 0.5) is 0 Å². The smallest absolute Gasteiger partial charge is 0.0589 e. The van der Waals surface area contributed by atoms with E-state index >= 15 is 0 Å². The highest BCUT2D eigenvalue weighted by atomic mass is 32.1. The highest BCUT2D eigenvalue weighted by Gasteiger charge is 1.97. The van der Waals surface area contributed by atoms with Crippen LogP contribution < -0.4 is 5.32 Å². The van der Waals surface area contributed by atoms with Gasteiger partial charge in [0, 0.05) is 25.1 Å². The molecule has 92 valence electrons. The molecule has 1 N–H and O–H groups in total. The monoisotopic (exact) mass is 242 g/mol. The van der Waals surface area contributed by atoms with Gasteiger partial charge < -0.3 is 15.0 Å². The first kappa shape index (κ1) is 13.6. The van der Waals surface area contributed by atoms with Crippen molar-refractivity contribution in [2.75, 3.05) is 40.4 Å². The van der Waals surface area contributed by atoms with Gasteiger partial charge in [0.15, 0.2) is 0 Å². The predicted molar refractivity (Wildman–Crippen MR) is 70.0 cm³/mol. The Morgan fingerprint density at radius 1 is 1.44 bits per heavy atom. The molecule has 0 saturated heterocycles. The Kier molecular flexibility index (Phi) is 7.42. The van der Waals surface area contributed by atoms with E-state index in [1.807, 2.05) is 11.3 Å². The number of methoxy groups -OCH3 is 1. The molecule has 0 aliphatic rings. The Bertz CT molecular complexity index is 252. The van der Waals surface area contributed by atoms with Crippen LogP contribution in [0, 0.1) is 0 Å². The van der Waals surface area contributed by atoms with Crippen LogP contribution in [-0.2, 0) is 11.3 Å². The van der Waals surface area contributed by atoms with Gasteiger partial charge in [-0.15, -0.1) is 11.3 Å². The summed E-state index contributed by atoms with van der Waals surface area (Å²) in [5.74, 6) is 0. The van der Waals surface area contributed by atoms with Crippen molar-refractivity contribution in [2.24, 2.45) is 0 Å². The Morgan fingerprint density at radius 3 is 3.00 bits per heavy atom. The van der Waals surface area contributed by atoms with Crippen LogP contribution in [0.3, 0.4) is 0 Å². The van der Waals surface area contributed by atoms with Gasteiger partial charge in [-0.05, 0) is 38.0 Å². The highest BCUT2D eigenvalue weighted by Crippen LogP contribution is 2.07. The standard InChI is InChI=1S/C12H22N2OS/c1-14(8-9-15-2)7-4-6-13-11-12-5-3-10-16-12/h3,5,10,13H,4,6-9,11H2,1-2H3. The minimum absolute atomic E-state index is 0.819. The number of nitrogens with one attached hydrogen (secondary N) is 1. The zero-order chi connectivity index (χ0) is 11.6. The van der Waals surface area contributed by atoms with E-state index in [0.717, 1.165) is 32.8 Å². The molecule has 0 aliphatic carbocycles. The third-order valence-corrected chi connectivity index (χ3v) is 3.33. The van der Waals surface area contributed by atoms with Crippen molar-refractivity contribution in [3.05, 3.63) is 22.4 Å². The van der Waals surface area contributed by atoms with E-state index in [4.69, 9.17) is 4.74 Å². The zero-order valence-corrected chi connectivity index (χ0v) is 11.1. The normalized spacial score (nSPS) is 11.2. The van der Waals surface area contributed by atoms with Crippen LogP contribution in [0.25, 0.3) is 0 Å². The fourth-order valence-electron chi connectivity index (χ4n) is 1.46. The summed E-state index contributed by atoms with van der Waals surface area (Å²) in [6.07, 6.45) is 1.19. The van der Waals surface area contributed by atoms with Gasteiger partial charge in [0.1, 0.15) is 0 Å². The summed E-state index contributed by atoms with van der Waals surface area (Å²) in [6.45, 7) is 5.04. The number of nitrogens with zero attached hydrogens (tertiary/aromatic N) is 1. The lowest BCUT2D eigenvalue weighted by molar-refractivity contribution is 0.160. The van der Waals surface area contributed by atoms with Gasteiger partial charge in [-0.2, -0.15) is 0 Å². The molecule has 3 nitrogen and oxygen atoms in total. The second-order valence-electron chi connectivity index (χ2n) is 3.91. The second-order valence-corrected chi connectivity index (χ2v) is 4.94. The molecular formula is C12H22N2OS. The van der Waals surface area contributed by atoms with Crippen molar-refractivity contribution < 1.29 is 4.74 Å². The fraction of sp³-hybridized carbons (Fsp3) is 0.667. The van der Waals surface area contributed by atoms with Crippen LogP contribution in [0.1, 0.15) is 11.3 Å². The molecule has 0 spiro atoms. The van der Waals surface area contributed by atoms with E-state index in [0.29, 0.717) is 0 Å². The van der Waals surface area contributed by atoms with Crippen LogP contribution >= 0.6 is 11.3 Å². The molecular weight excluding hydrogens is 220 g/mol. The number of hydrogen-bond donors (Lipinski definition) is 1. The maximum atomic E-state index is 5.03. The molecule has 1 aromatic rings. The van der Waals surface area contributed by atoms with Crippen molar-refractivity contribution >= 4 is 11.3 Å². The fourth-order valence-corrected chi connectivity index (χ4v) is 2.13. The molecule has 0 bridgehead atoms. The van der Waals surface area contributed by atoms with Gasteiger partial charge in [-0.3, -0.25) is 0 Å². The lowest BCUT2D eigenvalue weighted by Crippen LogP contribution is -2.26. The maximum absolute atomic E-state index is 5.03. The summed E-state index contributed by atoms with van der Waals surface area (Å²) in [5, 5.41) is 5.57. The molecule has 0 atom stereocenters. The van der Waals surface area contributed by atoms with Crippen molar-refractivity contribution in [3.8, 4) is 0 Å². The molecule has 0 amide bonds. The van der Waals surface area contributed by atoms with Crippen molar-refractivity contribution in [1.29, 1.82) is 0 Å². The number of rotatable bonds is 9. The number of hydrogen-bond acceptors (Lipinski definition) is 4. The second kappa shape index (κ2) is 8.70. The predicted octanol–water partition coefficient (Wildman–Crippen LogP) is 1.81. The van der Waals surface area contributed by atoms with Crippen LogP contribution in [0.5, 0.6) is 0 Å². The Labute approximate surface area is 102 Å². The summed E-state index contributed by atoms with van der Waals surface area (Å²) in [4.78, 5) is 3.71. The van der Waals surface area contributed by atoms with Gasteiger partial charge in [0.25, 0.3) is 0 Å². The Balaban J connectivity index is 1.91. The summed E-state index contributed by atoms with van der Waals surface area (Å²) < 4.78 is 5.03. The average Bonchev–Trinajstić information content (AvgIpc) is 2.79. The Hall–Kier alpha value is -0.420. The van der Waals surface area contributed by atoms with Crippen LogP contribution in [-0.4, -0.2) is 45.3 Å². The van der Waals surface area contributed by atoms with E-state index in [1.54, 1.807) is 7.11 Å². The van der Waals surface area contributed by atoms with Crippen LogP contribution in [0.2, 0.25) is 0 Å². The molecule has 16 heavy (non-hydrogen) atoms. The van der Waals surface area contributed by atoms with Crippen molar-refractivity contribution in [2.45, 2.75) is 13.0 Å². The van der Waals surface area contributed by atoms with Crippen LogP contribution in [0.15, 0.2) is 17.5 Å². The molecule has 0 aliphatic heterocycles. The van der Waals surface area contributed by atoms with Gasteiger partial charge in [-0.25, -0.2) is 0 Å². The third-order valence-electron chi connectivity index (χ3n) is 2.45. The summed E-state index contributed by atoms with van der Waals surface area (Å²) in [6, 6.07) is 4.27. The molecule has 4 heteroatoms. The summed E-state index contributed by atoms with van der Waals surface area (Å²) >= 11 is 1.81. The lowest BCUT2D eigenvalue weighted by atomic mass is 10.3. The molecule has 1 heterocycles. The van der Waals surface area contributed by atoms with E-state index in [1.165, 1.54) is 11.3 Å². The first-order chi connectivity index (χ1) is 7.83. The topological polar surface area (TPSA) is 24.5 Å². The minimum atomic E-state index is 0.819.